The van der Waals surface area contributed by atoms with Gasteiger partial charge in [-0.1, -0.05) is 11.6 Å². The van der Waals surface area contributed by atoms with Crippen LogP contribution >= 0.6 is 11.6 Å². The maximum Gasteiger partial charge on any atom is 0.161 e. The molecule has 1 aromatic carbocycles. The van der Waals surface area contributed by atoms with E-state index >= 15 is 0 Å². The summed E-state index contributed by atoms with van der Waals surface area (Å²) in [5.74, 6) is 1.31. The molecule has 98 valence electrons. The van der Waals surface area contributed by atoms with Gasteiger partial charge in [-0.05, 0) is 43.2 Å². The van der Waals surface area contributed by atoms with E-state index in [2.05, 4.69) is 27.0 Å². The molecule has 1 heterocycles. The van der Waals surface area contributed by atoms with E-state index in [1.54, 1.807) is 0 Å². The van der Waals surface area contributed by atoms with Gasteiger partial charge < -0.3 is 4.90 Å². The van der Waals surface area contributed by atoms with Gasteiger partial charge in [-0.3, -0.25) is 0 Å². The van der Waals surface area contributed by atoms with Crippen molar-refractivity contribution in [3.8, 4) is 11.4 Å². The van der Waals surface area contributed by atoms with E-state index in [-0.39, 0.29) is 0 Å². The van der Waals surface area contributed by atoms with Gasteiger partial charge in [0.05, 0.1) is 0 Å². The SMILES string of the molecule is CN(C)c1ccc(-c2nc(Cl)cc(C3CC3)n2)cc1. The second kappa shape index (κ2) is 4.82. The zero-order chi connectivity index (χ0) is 13.4. The third-order valence-electron chi connectivity index (χ3n) is 3.35. The number of rotatable bonds is 3. The van der Waals surface area contributed by atoms with Crippen LogP contribution < -0.4 is 4.90 Å². The van der Waals surface area contributed by atoms with Crippen molar-refractivity contribution in [2.75, 3.05) is 19.0 Å². The molecule has 0 spiro atoms. The molecular weight excluding hydrogens is 258 g/mol. The van der Waals surface area contributed by atoms with Crippen LogP contribution in [0, 0.1) is 0 Å². The van der Waals surface area contributed by atoms with Gasteiger partial charge in [0.25, 0.3) is 0 Å². The molecule has 1 fully saturated rings. The van der Waals surface area contributed by atoms with Crippen LogP contribution in [0.4, 0.5) is 5.69 Å². The summed E-state index contributed by atoms with van der Waals surface area (Å²) in [6.45, 7) is 0. The fraction of sp³-hybridized carbons (Fsp3) is 0.333. The van der Waals surface area contributed by atoms with Gasteiger partial charge in [0.1, 0.15) is 5.15 Å². The molecule has 0 unspecified atom stereocenters. The Morgan fingerprint density at radius 3 is 2.37 bits per heavy atom. The fourth-order valence-corrected chi connectivity index (χ4v) is 2.25. The summed E-state index contributed by atoms with van der Waals surface area (Å²) < 4.78 is 0. The number of hydrogen-bond donors (Lipinski definition) is 0. The molecule has 3 rings (SSSR count). The highest BCUT2D eigenvalue weighted by Gasteiger charge is 2.26. The lowest BCUT2D eigenvalue weighted by Gasteiger charge is -2.12. The quantitative estimate of drug-likeness (QED) is 0.798. The molecule has 0 N–H and O–H groups in total. The Labute approximate surface area is 118 Å². The number of hydrogen-bond acceptors (Lipinski definition) is 3. The van der Waals surface area contributed by atoms with Crippen molar-refractivity contribution >= 4 is 17.3 Å². The first-order valence-electron chi connectivity index (χ1n) is 6.46. The van der Waals surface area contributed by atoms with E-state index in [9.17, 15) is 0 Å². The number of anilines is 1. The summed E-state index contributed by atoms with van der Waals surface area (Å²) in [7, 11) is 4.05. The lowest BCUT2D eigenvalue weighted by atomic mass is 10.1. The van der Waals surface area contributed by atoms with Crippen molar-refractivity contribution in [2.45, 2.75) is 18.8 Å². The largest absolute Gasteiger partial charge is 0.378 e. The average molecular weight is 274 g/mol. The van der Waals surface area contributed by atoms with E-state index in [1.165, 1.54) is 12.8 Å². The average Bonchev–Trinajstić information content (AvgIpc) is 3.22. The van der Waals surface area contributed by atoms with Gasteiger partial charge in [-0.15, -0.1) is 0 Å². The highest BCUT2D eigenvalue weighted by atomic mass is 35.5. The minimum absolute atomic E-state index is 0.531. The zero-order valence-corrected chi connectivity index (χ0v) is 11.9. The molecule has 1 aliphatic carbocycles. The molecule has 0 atom stereocenters. The van der Waals surface area contributed by atoms with Gasteiger partial charge >= 0.3 is 0 Å². The second-order valence-electron chi connectivity index (χ2n) is 5.15. The van der Waals surface area contributed by atoms with Gasteiger partial charge in [0.15, 0.2) is 5.82 Å². The molecule has 0 bridgehead atoms. The molecule has 2 aromatic rings. The van der Waals surface area contributed by atoms with Crippen molar-refractivity contribution in [1.29, 1.82) is 0 Å². The van der Waals surface area contributed by atoms with E-state index < -0.39 is 0 Å². The van der Waals surface area contributed by atoms with E-state index in [0.717, 1.165) is 22.8 Å². The Kier molecular flexibility index (Phi) is 3.15. The predicted octanol–water partition coefficient (Wildman–Crippen LogP) is 3.74. The summed E-state index contributed by atoms with van der Waals surface area (Å²) in [5.41, 5.74) is 3.25. The first kappa shape index (κ1) is 12.4. The highest BCUT2D eigenvalue weighted by molar-refractivity contribution is 6.29. The van der Waals surface area contributed by atoms with Crippen LogP contribution in [0.2, 0.25) is 5.15 Å². The Bertz CT molecular complexity index is 589. The van der Waals surface area contributed by atoms with Crippen LogP contribution in [0.1, 0.15) is 24.5 Å². The molecule has 4 heteroatoms. The minimum atomic E-state index is 0.531. The Hall–Kier alpha value is -1.61. The van der Waals surface area contributed by atoms with Crippen molar-refractivity contribution in [2.24, 2.45) is 0 Å². The van der Waals surface area contributed by atoms with Crippen LogP contribution in [0.25, 0.3) is 11.4 Å². The maximum absolute atomic E-state index is 6.09. The molecule has 19 heavy (non-hydrogen) atoms. The van der Waals surface area contributed by atoms with Crippen LogP contribution in [0.5, 0.6) is 0 Å². The third-order valence-corrected chi connectivity index (χ3v) is 3.55. The van der Waals surface area contributed by atoms with Crippen molar-refractivity contribution in [3.05, 3.63) is 41.2 Å². The first-order valence-corrected chi connectivity index (χ1v) is 6.83. The molecule has 3 nitrogen and oxygen atoms in total. The zero-order valence-electron chi connectivity index (χ0n) is 11.1. The first-order chi connectivity index (χ1) is 9.13. The van der Waals surface area contributed by atoms with E-state index in [1.807, 2.05) is 32.3 Å². The summed E-state index contributed by atoms with van der Waals surface area (Å²) in [5, 5.41) is 0.531. The van der Waals surface area contributed by atoms with E-state index in [0.29, 0.717) is 11.1 Å². The Morgan fingerprint density at radius 1 is 1.11 bits per heavy atom. The number of halogens is 1. The fourth-order valence-electron chi connectivity index (χ4n) is 2.06. The third kappa shape index (κ3) is 2.71. The smallest absolute Gasteiger partial charge is 0.161 e. The number of benzene rings is 1. The number of aromatic nitrogens is 2. The maximum atomic E-state index is 6.09. The Balaban J connectivity index is 1.96. The summed E-state index contributed by atoms with van der Waals surface area (Å²) in [6, 6.07) is 10.1. The van der Waals surface area contributed by atoms with Gasteiger partial charge in [-0.25, -0.2) is 9.97 Å². The summed E-state index contributed by atoms with van der Waals surface area (Å²) in [6.07, 6.45) is 2.43. The van der Waals surface area contributed by atoms with Gasteiger partial charge in [0, 0.05) is 37.0 Å². The normalized spacial score (nSPS) is 14.5. The Morgan fingerprint density at radius 2 is 1.79 bits per heavy atom. The molecule has 0 saturated heterocycles. The van der Waals surface area contributed by atoms with Crippen molar-refractivity contribution < 1.29 is 0 Å². The minimum Gasteiger partial charge on any atom is -0.378 e. The summed E-state index contributed by atoms with van der Waals surface area (Å²) in [4.78, 5) is 11.0. The highest BCUT2D eigenvalue weighted by Crippen LogP contribution is 2.40. The van der Waals surface area contributed by atoms with Crippen LogP contribution in [0.15, 0.2) is 30.3 Å². The van der Waals surface area contributed by atoms with Gasteiger partial charge in [-0.2, -0.15) is 0 Å². The van der Waals surface area contributed by atoms with Gasteiger partial charge in [0.2, 0.25) is 0 Å². The van der Waals surface area contributed by atoms with Crippen LogP contribution in [-0.4, -0.2) is 24.1 Å². The van der Waals surface area contributed by atoms with E-state index in [4.69, 9.17) is 11.6 Å². The monoisotopic (exact) mass is 273 g/mol. The summed E-state index contributed by atoms with van der Waals surface area (Å²) >= 11 is 6.09. The van der Waals surface area contributed by atoms with Crippen molar-refractivity contribution in [3.63, 3.8) is 0 Å². The lowest BCUT2D eigenvalue weighted by Crippen LogP contribution is -2.08. The molecular formula is C15H16ClN3. The number of nitrogens with zero attached hydrogens (tertiary/aromatic N) is 3. The molecule has 0 radical (unpaired) electrons. The van der Waals surface area contributed by atoms with Crippen molar-refractivity contribution in [1.82, 2.24) is 9.97 Å². The van der Waals surface area contributed by atoms with Crippen LogP contribution in [0.3, 0.4) is 0 Å². The second-order valence-corrected chi connectivity index (χ2v) is 5.54. The van der Waals surface area contributed by atoms with Crippen LogP contribution in [-0.2, 0) is 0 Å². The molecule has 0 amide bonds. The molecule has 1 saturated carbocycles. The molecule has 0 aliphatic heterocycles. The molecule has 1 aromatic heterocycles. The lowest BCUT2D eigenvalue weighted by molar-refractivity contribution is 0.994. The predicted molar refractivity (Wildman–Crippen MR) is 78.8 cm³/mol. The standard InChI is InChI=1S/C15H16ClN3/c1-19(2)12-7-5-11(6-8-12)15-17-13(10-3-4-10)9-14(16)18-15/h5-10H,3-4H2,1-2H3. The topological polar surface area (TPSA) is 29.0 Å². The molecule has 1 aliphatic rings.